The van der Waals surface area contributed by atoms with Crippen molar-refractivity contribution >= 4 is 29.5 Å². The molecule has 1 N–H and O–H groups in total. The van der Waals surface area contributed by atoms with Gasteiger partial charge in [0, 0.05) is 51.2 Å². The summed E-state index contributed by atoms with van der Waals surface area (Å²) in [6.07, 6.45) is 5.20. The van der Waals surface area contributed by atoms with Gasteiger partial charge in [0.2, 0.25) is 18.2 Å². The Labute approximate surface area is 197 Å². The number of alkyl halides is 3. The van der Waals surface area contributed by atoms with E-state index in [1.54, 1.807) is 31.4 Å². The van der Waals surface area contributed by atoms with Gasteiger partial charge in [-0.3, -0.25) is 14.6 Å². The SMILES string of the molecule is CN(C)c1ccc(OCC(F)(F)F)nc1N(C)C=O.O=C(Nc1ccncc1)C1CCCCC1. The van der Waals surface area contributed by atoms with Gasteiger partial charge in [-0.05, 0) is 31.0 Å². The average Bonchev–Trinajstić information content (AvgIpc) is 2.83. The van der Waals surface area contributed by atoms with E-state index in [9.17, 15) is 22.8 Å². The molecule has 0 saturated heterocycles. The first-order chi connectivity index (χ1) is 16.1. The highest BCUT2D eigenvalue weighted by atomic mass is 19.4. The zero-order valence-corrected chi connectivity index (χ0v) is 19.5. The molecule has 2 aromatic rings. The molecule has 8 nitrogen and oxygen atoms in total. The second-order valence-electron chi connectivity index (χ2n) is 8.07. The Morgan fingerprint density at radius 2 is 1.76 bits per heavy atom. The third kappa shape index (κ3) is 8.87. The van der Waals surface area contributed by atoms with Gasteiger partial charge in [-0.1, -0.05) is 19.3 Å². The minimum Gasteiger partial charge on any atom is -0.468 e. The van der Waals surface area contributed by atoms with Crippen LogP contribution in [0.15, 0.2) is 36.7 Å². The number of halogens is 3. The molecule has 11 heteroatoms. The van der Waals surface area contributed by atoms with E-state index in [4.69, 9.17) is 0 Å². The van der Waals surface area contributed by atoms with Crippen molar-refractivity contribution in [3.05, 3.63) is 36.7 Å². The van der Waals surface area contributed by atoms with E-state index in [2.05, 4.69) is 20.0 Å². The molecular weight excluding hydrogens is 451 g/mol. The summed E-state index contributed by atoms with van der Waals surface area (Å²) < 4.78 is 40.7. The molecule has 0 aliphatic heterocycles. The molecule has 0 atom stereocenters. The van der Waals surface area contributed by atoms with Gasteiger partial charge < -0.3 is 19.9 Å². The molecule has 2 aromatic heterocycles. The Bertz CT molecular complexity index is 920. The van der Waals surface area contributed by atoms with Crippen LogP contribution < -0.4 is 19.9 Å². The van der Waals surface area contributed by atoms with Crippen molar-refractivity contribution < 1.29 is 27.5 Å². The molecule has 0 bridgehead atoms. The monoisotopic (exact) mass is 481 g/mol. The highest BCUT2D eigenvalue weighted by molar-refractivity contribution is 5.92. The van der Waals surface area contributed by atoms with E-state index in [0.29, 0.717) is 12.1 Å². The number of carbonyl (C=O) groups excluding carboxylic acids is 2. The lowest BCUT2D eigenvalue weighted by Crippen LogP contribution is -2.24. The summed E-state index contributed by atoms with van der Waals surface area (Å²) in [5, 5.41) is 2.93. The molecule has 1 aliphatic carbocycles. The quantitative estimate of drug-likeness (QED) is 0.594. The predicted octanol–water partition coefficient (Wildman–Crippen LogP) is 4.28. The van der Waals surface area contributed by atoms with Gasteiger partial charge in [0.15, 0.2) is 12.4 Å². The van der Waals surface area contributed by atoms with E-state index in [1.807, 2.05) is 12.1 Å². The zero-order valence-electron chi connectivity index (χ0n) is 19.5. The number of pyridine rings is 2. The van der Waals surface area contributed by atoms with Crippen molar-refractivity contribution in [1.82, 2.24) is 9.97 Å². The number of anilines is 3. The molecule has 3 rings (SSSR count). The number of amides is 2. The van der Waals surface area contributed by atoms with Crippen LogP contribution in [0.2, 0.25) is 0 Å². The second kappa shape index (κ2) is 12.8. The molecule has 186 valence electrons. The number of rotatable bonds is 7. The Kier molecular flexibility index (Phi) is 10.1. The van der Waals surface area contributed by atoms with Crippen LogP contribution in [0.4, 0.5) is 30.4 Å². The molecule has 34 heavy (non-hydrogen) atoms. The van der Waals surface area contributed by atoms with Crippen molar-refractivity contribution in [3.63, 3.8) is 0 Å². The summed E-state index contributed by atoms with van der Waals surface area (Å²) in [5.41, 5.74) is 1.44. The second-order valence-corrected chi connectivity index (χ2v) is 8.07. The fourth-order valence-electron chi connectivity index (χ4n) is 3.36. The molecule has 1 aliphatic rings. The minimum atomic E-state index is -4.43. The van der Waals surface area contributed by atoms with Crippen LogP contribution in [-0.4, -0.2) is 56.2 Å². The van der Waals surface area contributed by atoms with Crippen LogP contribution in [0.25, 0.3) is 0 Å². The smallest absolute Gasteiger partial charge is 0.422 e. The largest absolute Gasteiger partial charge is 0.468 e. The number of aromatic nitrogens is 2. The van der Waals surface area contributed by atoms with E-state index in [0.717, 1.165) is 23.4 Å². The maximum Gasteiger partial charge on any atom is 0.422 e. The van der Waals surface area contributed by atoms with Crippen molar-refractivity contribution in [2.45, 2.75) is 38.3 Å². The highest BCUT2D eigenvalue weighted by Gasteiger charge is 2.29. The first-order valence-corrected chi connectivity index (χ1v) is 10.9. The van der Waals surface area contributed by atoms with Crippen molar-refractivity contribution in [2.75, 3.05) is 42.9 Å². The van der Waals surface area contributed by atoms with Gasteiger partial charge in [-0.15, -0.1) is 0 Å². The van der Waals surface area contributed by atoms with Gasteiger partial charge in [0.25, 0.3) is 0 Å². The molecule has 0 spiro atoms. The van der Waals surface area contributed by atoms with Gasteiger partial charge in [0.05, 0.1) is 5.69 Å². The number of ether oxygens (including phenoxy) is 1. The maximum atomic E-state index is 12.0. The lowest BCUT2D eigenvalue weighted by Gasteiger charge is -2.21. The van der Waals surface area contributed by atoms with Crippen LogP contribution >= 0.6 is 0 Å². The summed E-state index contributed by atoms with van der Waals surface area (Å²) >= 11 is 0. The van der Waals surface area contributed by atoms with Crippen LogP contribution in [0.5, 0.6) is 5.88 Å². The molecule has 2 heterocycles. The third-order valence-corrected chi connectivity index (χ3v) is 5.11. The number of carbonyl (C=O) groups is 2. The standard InChI is InChI=1S/C12H16N2O.C11H14F3N3O2/c15-12(10-4-2-1-3-5-10)14-11-6-8-13-9-7-11;1-16(2)8-4-5-9(19-6-11(12,13)14)15-10(8)17(3)7-18/h6-10H,1-5H2,(H,13,14,15);4-5,7H,6H2,1-3H3. The van der Waals surface area contributed by atoms with Gasteiger partial charge >= 0.3 is 6.18 Å². The maximum absolute atomic E-state index is 12.0. The summed E-state index contributed by atoms with van der Waals surface area (Å²) in [6.45, 7) is -1.43. The van der Waals surface area contributed by atoms with Crippen molar-refractivity contribution in [3.8, 4) is 5.88 Å². The Morgan fingerprint density at radius 1 is 1.12 bits per heavy atom. The molecule has 2 amide bonds. The lowest BCUT2D eigenvalue weighted by molar-refractivity contribution is -0.154. The van der Waals surface area contributed by atoms with E-state index >= 15 is 0 Å². The molecule has 0 aromatic carbocycles. The van der Waals surface area contributed by atoms with Gasteiger partial charge in [0.1, 0.15) is 0 Å². The zero-order chi connectivity index (χ0) is 25.1. The Morgan fingerprint density at radius 3 is 2.32 bits per heavy atom. The fourth-order valence-corrected chi connectivity index (χ4v) is 3.36. The normalized spacial score (nSPS) is 13.8. The topological polar surface area (TPSA) is 87.7 Å². The third-order valence-electron chi connectivity index (χ3n) is 5.11. The summed E-state index contributed by atoms with van der Waals surface area (Å²) in [6, 6.07) is 6.50. The van der Waals surface area contributed by atoms with Gasteiger partial charge in [-0.25, -0.2) is 0 Å². The lowest BCUT2D eigenvalue weighted by atomic mass is 9.88. The Balaban J connectivity index is 0.000000246. The molecular formula is C23H30F3N5O3. The van der Waals surface area contributed by atoms with E-state index < -0.39 is 12.8 Å². The van der Waals surface area contributed by atoms with Crippen molar-refractivity contribution in [2.24, 2.45) is 5.92 Å². The van der Waals surface area contributed by atoms with Crippen LogP contribution in [0.1, 0.15) is 32.1 Å². The van der Waals surface area contributed by atoms with Crippen LogP contribution in [0.3, 0.4) is 0 Å². The summed E-state index contributed by atoms with van der Waals surface area (Å²) in [7, 11) is 4.92. The molecule has 1 fully saturated rings. The molecule has 0 unspecified atom stereocenters. The van der Waals surface area contributed by atoms with E-state index in [1.165, 1.54) is 38.4 Å². The van der Waals surface area contributed by atoms with Crippen LogP contribution in [0, 0.1) is 5.92 Å². The van der Waals surface area contributed by atoms with Crippen LogP contribution in [-0.2, 0) is 9.59 Å². The van der Waals surface area contributed by atoms with E-state index in [-0.39, 0.29) is 23.5 Å². The van der Waals surface area contributed by atoms with Crippen molar-refractivity contribution in [1.29, 1.82) is 0 Å². The Hall–Kier alpha value is -3.37. The highest BCUT2D eigenvalue weighted by Crippen LogP contribution is 2.28. The summed E-state index contributed by atoms with van der Waals surface area (Å²) in [4.78, 5) is 33.3. The van der Waals surface area contributed by atoms with Gasteiger partial charge in [-0.2, -0.15) is 18.2 Å². The number of hydrogen-bond acceptors (Lipinski definition) is 6. The first kappa shape index (κ1) is 26.9. The number of hydrogen-bond donors (Lipinski definition) is 1. The minimum absolute atomic E-state index is 0.168. The first-order valence-electron chi connectivity index (χ1n) is 10.9. The fraction of sp³-hybridized carbons (Fsp3) is 0.478. The molecule has 0 radical (unpaired) electrons. The summed E-state index contributed by atoms with van der Waals surface area (Å²) in [5.74, 6) is 0.416. The number of nitrogens with zero attached hydrogens (tertiary/aromatic N) is 4. The number of nitrogens with one attached hydrogen (secondary N) is 1. The predicted molar refractivity (Wildman–Crippen MR) is 124 cm³/mol. The average molecular weight is 482 g/mol. The molecule has 1 saturated carbocycles.